The molecule has 1 saturated carbocycles. The molecule has 18 heavy (non-hydrogen) atoms. The van der Waals surface area contributed by atoms with Crippen molar-refractivity contribution in [2.75, 3.05) is 33.7 Å². The molecule has 0 aromatic rings. The summed E-state index contributed by atoms with van der Waals surface area (Å²) in [4.78, 5) is 4.89. The van der Waals surface area contributed by atoms with Crippen molar-refractivity contribution in [2.24, 2.45) is 11.7 Å². The molecule has 0 saturated heterocycles. The second-order valence-electron chi connectivity index (χ2n) is 6.26. The lowest BCUT2D eigenvalue weighted by Gasteiger charge is -2.34. The van der Waals surface area contributed by atoms with E-state index in [-0.39, 0.29) is 0 Å². The van der Waals surface area contributed by atoms with Gasteiger partial charge in [0.2, 0.25) is 0 Å². The number of likely N-dealkylation sites (N-methyl/N-ethyl adjacent to an activating group) is 2. The van der Waals surface area contributed by atoms with Gasteiger partial charge in [0.1, 0.15) is 0 Å². The van der Waals surface area contributed by atoms with E-state index in [9.17, 15) is 0 Å². The van der Waals surface area contributed by atoms with Crippen LogP contribution in [-0.2, 0) is 0 Å². The number of hydrogen-bond acceptors (Lipinski definition) is 3. The van der Waals surface area contributed by atoms with Crippen LogP contribution in [0.3, 0.4) is 0 Å². The Balaban J connectivity index is 2.49. The van der Waals surface area contributed by atoms with Gasteiger partial charge in [-0.25, -0.2) is 0 Å². The molecule has 3 heteroatoms. The van der Waals surface area contributed by atoms with Crippen molar-refractivity contribution in [3.63, 3.8) is 0 Å². The zero-order valence-electron chi connectivity index (χ0n) is 12.9. The van der Waals surface area contributed by atoms with E-state index in [1.54, 1.807) is 0 Å². The molecular formula is C15H33N3. The van der Waals surface area contributed by atoms with Gasteiger partial charge in [-0.1, -0.05) is 26.2 Å². The van der Waals surface area contributed by atoms with Crippen molar-refractivity contribution in [3.05, 3.63) is 0 Å². The first-order chi connectivity index (χ1) is 8.54. The topological polar surface area (TPSA) is 32.5 Å². The molecule has 0 aromatic heterocycles. The first-order valence-electron chi connectivity index (χ1n) is 7.69. The van der Waals surface area contributed by atoms with Gasteiger partial charge < -0.3 is 10.6 Å². The van der Waals surface area contributed by atoms with Crippen LogP contribution < -0.4 is 5.73 Å². The van der Waals surface area contributed by atoms with Gasteiger partial charge in [-0.2, -0.15) is 0 Å². The van der Waals surface area contributed by atoms with Crippen LogP contribution in [0, 0.1) is 5.92 Å². The maximum atomic E-state index is 6.35. The van der Waals surface area contributed by atoms with Gasteiger partial charge in [-0.05, 0) is 46.3 Å². The lowest BCUT2D eigenvalue weighted by atomic mass is 9.94. The third-order valence-corrected chi connectivity index (χ3v) is 4.35. The van der Waals surface area contributed by atoms with Crippen LogP contribution in [0.15, 0.2) is 0 Å². The molecule has 0 bridgehead atoms. The summed E-state index contributed by atoms with van der Waals surface area (Å²) in [5, 5.41) is 0. The standard InChI is InChI=1S/C15H33N3/c1-5-18(13(2)11-17(3)4)12-14-9-7-6-8-10-15(14)16/h13-15H,5-12,16H2,1-4H3. The van der Waals surface area contributed by atoms with E-state index in [1.807, 2.05) is 0 Å². The minimum absolute atomic E-state index is 0.424. The first-order valence-corrected chi connectivity index (χ1v) is 7.69. The summed E-state index contributed by atoms with van der Waals surface area (Å²) in [7, 11) is 4.31. The highest BCUT2D eigenvalue weighted by Gasteiger charge is 2.24. The molecule has 1 fully saturated rings. The molecule has 3 nitrogen and oxygen atoms in total. The van der Waals surface area contributed by atoms with Crippen LogP contribution >= 0.6 is 0 Å². The Morgan fingerprint density at radius 3 is 2.44 bits per heavy atom. The third-order valence-electron chi connectivity index (χ3n) is 4.35. The Hall–Kier alpha value is -0.120. The van der Waals surface area contributed by atoms with Crippen LogP contribution in [0.4, 0.5) is 0 Å². The average Bonchev–Trinajstić information content (AvgIpc) is 2.50. The molecule has 0 aliphatic heterocycles. The number of nitrogens with zero attached hydrogens (tertiary/aromatic N) is 2. The summed E-state index contributed by atoms with van der Waals surface area (Å²) >= 11 is 0. The van der Waals surface area contributed by atoms with E-state index in [2.05, 4.69) is 37.7 Å². The van der Waals surface area contributed by atoms with Crippen LogP contribution in [0.25, 0.3) is 0 Å². The summed E-state index contributed by atoms with van der Waals surface area (Å²) in [6.45, 7) is 8.07. The van der Waals surface area contributed by atoms with E-state index in [4.69, 9.17) is 5.73 Å². The van der Waals surface area contributed by atoms with Gasteiger partial charge in [0.05, 0.1) is 0 Å². The molecule has 0 spiro atoms. The quantitative estimate of drug-likeness (QED) is 0.738. The molecule has 0 aromatic carbocycles. The van der Waals surface area contributed by atoms with E-state index in [0.29, 0.717) is 18.0 Å². The highest BCUT2D eigenvalue weighted by atomic mass is 15.2. The predicted molar refractivity (Wildman–Crippen MR) is 79.8 cm³/mol. The van der Waals surface area contributed by atoms with Crippen molar-refractivity contribution in [3.8, 4) is 0 Å². The number of hydrogen-bond donors (Lipinski definition) is 1. The second kappa shape index (κ2) is 8.13. The SMILES string of the molecule is CCN(CC1CCCCCC1N)C(C)CN(C)C. The molecule has 2 N–H and O–H groups in total. The molecule has 1 rings (SSSR count). The van der Waals surface area contributed by atoms with E-state index >= 15 is 0 Å². The fourth-order valence-electron chi connectivity index (χ4n) is 3.21. The first kappa shape index (κ1) is 15.9. The molecule has 0 radical (unpaired) electrons. The minimum Gasteiger partial charge on any atom is -0.327 e. The lowest BCUT2D eigenvalue weighted by Crippen LogP contribution is -2.45. The number of nitrogens with two attached hydrogens (primary N) is 1. The highest BCUT2D eigenvalue weighted by molar-refractivity contribution is 4.81. The molecular weight excluding hydrogens is 222 g/mol. The summed E-state index contributed by atoms with van der Waals surface area (Å²) in [6.07, 6.45) is 6.63. The van der Waals surface area contributed by atoms with Gasteiger partial charge in [0.15, 0.2) is 0 Å². The van der Waals surface area contributed by atoms with Crippen LogP contribution in [0.5, 0.6) is 0 Å². The monoisotopic (exact) mass is 255 g/mol. The van der Waals surface area contributed by atoms with Gasteiger partial charge in [-0.3, -0.25) is 4.90 Å². The molecule has 108 valence electrons. The molecule has 3 unspecified atom stereocenters. The molecule has 1 aliphatic carbocycles. The minimum atomic E-state index is 0.424. The summed E-state index contributed by atoms with van der Waals surface area (Å²) in [5.74, 6) is 0.706. The largest absolute Gasteiger partial charge is 0.327 e. The molecule has 3 atom stereocenters. The molecule has 0 heterocycles. The maximum absolute atomic E-state index is 6.35. The summed E-state index contributed by atoms with van der Waals surface area (Å²) in [5.41, 5.74) is 6.35. The Bertz CT molecular complexity index is 218. The van der Waals surface area contributed by atoms with Crippen LogP contribution in [0.2, 0.25) is 0 Å². The fraction of sp³-hybridized carbons (Fsp3) is 1.00. The fourth-order valence-corrected chi connectivity index (χ4v) is 3.21. The van der Waals surface area contributed by atoms with E-state index in [1.165, 1.54) is 38.6 Å². The predicted octanol–water partition coefficient (Wildman–Crippen LogP) is 2.17. The van der Waals surface area contributed by atoms with Crippen LogP contribution in [-0.4, -0.2) is 55.6 Å². The summed E-state index contributed by atoms with van der Waals surface area (Å²) < 4.78 is 0. The van der Waals surface area contributed by atoms with Crippen molar-refractivity contribution in [2.45, 2.75) is 58.0 Å². The van der Waals surface area contributed by atoms with Gasteiger partial charge in [0, 0.05) is 25.2 Å². The number of rotatable bonds is 6. The smallest absolute Gasteiger partial charge is 0.0194 e. The second-order valence-corrected chi connectivity index (χ2v) is 6.26. The van der Waals surface area contributed by atoms with E-state index in [0.717, 1.165) is 13.1 Å². The zero-order chi connectivity index (χ0) is 13.5. The highest BCUT2D eigenvalue weighted by Crippen LogP contribution is 2.23. The van der Waals surface area contributed by atoms with Gasteiger partial charge in [-0.15, -0.1) is 0 Å². The van der Waals surface area contributed by atoms with Gasteiger partial charge >= 0.3 is 0 Å². The Morgan fingerprint density at radius 2 is 1.83 bits per heavy atom. The van der Waals surface area contributed by atoms with Gasteiger partial charge in [0.25, 0.3) is 0 Å². The van der Waals surface area contributed by atoms with E-state index < -0.39 is 0 Å². The van der Waals surface area contributed by atoms with Crippen molar-refractivity contribution < 1.29 is 0 Å². The Labute approximate surface area is 114 Å². The van der Waals surface area contributed by atoms with Crippen LogP contribution in [0.1, 0.15) is 46.0 Å². The Morgan fingerprint density at radius 1 is 1.17 bits per heavy atom. The summed E-state index contributed by atoms with van der Waals surface area (Å²) in [6, 6.07) is 1.05. The zero-order valence-corrected chi connectivity index (χ0v) is 12.9. The average molecular weight is 255 g/mol. The molecule has 1 aliphatic rings. The lowest BCUT2D eigenvalue weighted by molar-refractivity contribution is 0.145. The Kier molecular flexibility index (Phi) is 7.20. The maximum Gasteiger partial charge on any atom is 0.0194 e. The van der Waals surface area contributed by atoms with Crippen molar-refractivity contribution in [1.82, 2.24) is 9.80 Å². The van der Waals surface area contributed by atoms with Crippen molar-refractivity contribution in [1.29, 1.82) is 0 Å². The third kappa shape index (κ3) is 5.25. The normalized spacial score (nSPS) is 27.5. The molecule has 0 amide bonds. The van der Waals surface area contributed by atoms with Crippen molar-refractivity contribution >= 4 is 0 Å².